The number of ether oxygens (including phenoxy) is 2. The first-order valence-electron chi connectivity index (χ1n) is 10.4. The second kappa shape index (κ2) is 12.4. The number of aliphatic imine (C=N–C) groups is 1. The first-order chi connectivity index (χ1) is 12.5. The van der Waals surface area contributed by atoms with E-state index in [-0.39, 0.29) is 29.5 Å². The van der Waals surface area contributed by atoms with Gasteiger partial charge in [0.1, 0.15) is 0 Å². The Bertz CT molecular complexity index is 434. The van der Waals surface area contributed by atoms with E-state index in [0.29, 0.717) is 5.41 Å². The fourth-order valence-corrected chi connectivity index (χ4v) is 4.11. The summed E-state index contributed by atoms with van der Waals surface area (Å²) in [6, 6.07) is 0. The lowest BCUT2D eigenvalue weighted by molar-refractivity contribution is -0.00684. The quantitative estimate of drug-likeness (QED) is 0.292. The van der Waals surface area contributed by atoms with Crippen LogP contribution in [-0.2, 0) is 9.47 Å². The van der Waals surface area contributed by atoms with Crippen LogP contribution < -0.4 is 10.6 Å². The van der Waals surface area contributed by atoms with Crippen molar-refractivity contribution in [1.82, 2.24) is 15.5 Å². The van der Waals surface area contributed by atoms with Gasteiger partial charge in [0.25, 0.3) is 0 Å². The number of morpholine rings is 1. The molecule has 1 heterocycles. The van der Waals surface area contributed by atoms with E-state index >= 15 is 0 Å². The lowest BCUT2D eigenvalue weighted by Crippen LogP contribution is -2.52. The number of nitrogens with one attached hydrogen (secondary N) is 2. The van der Waals surface area contributed by atoms with Crippen molar-refractivity contribution in [1.29, 1.82) is 0 Å². The molecule has 7 heteroatoms. The van der Waals surface area contributed by atoms with E-state index < -0.39 is 0 Å². The average Bonchev–Trinajstić information content (AvgIpc) is 3.12. The lowest BCUT2D eigenvalue weighted by atomic mass is 9.83. The van der Waals surface area contributed by atoms with Gasteiger partial charge in [-0.15, -0.1) is 24.0 Å². The van der Waals surface area contributed by atoms with E-state index in [0.717, 1.165) is 64.9 Å². The van der Waals surface area contributed by atoms with E-state index in [2.05, 4.69) is 36.3 Å². The van der Waals surface area contributed by atoms with Crippen LogP contribution in [0.2, 0.25) is 0 Å². The highest BCUT2D eigenvalue weighted by Gasteiger charge is 2.33. The second-order valence-electron chi connectivity index (χ2n) is 8.41. The highest BCUT2D eigenvalue weighted by atomic mass is 127. The van der Waals surface area contributed by atoms with Gasteiger partial charge in [-0.3, -0.25) is 9.89 Å². The average molecular weight is 496 g/mol. The Morgan fingerprint density at radius 2 is 1.85 bits per heavy atom. The first kappa shape index (κ1) is 24.9. The van der Waals surface area contributed by atoms with Crippen molar-refractivity contribution >= 4 is 29.9 Å². The van der Waals surface area contributed by atoms with Crippen molar-refractivity contribution in [3.63, 3.8) is 0 Å². The van der Waals surface area contributed by atoms with E-state index in [1.54, 1.807) is 7.11 Å². The van der Waals surface area contributed by atoms with Crippen LogP contribution in [0.25, 0.3) is 0 Å². The van der Waals surface area contributed by atoms with E-state index in [4.69, 9.17) is 14.5 Å². The summed E-state index contributed by atoms with van der Waals surface area (Å²) in [7, 11) is 1.80. The van der Waals surface area contributed by atoms with Gasteiger partial charge in [0.15, 0.2) is 5.96 Å². The van der Waals surface area contributed by atoms with Crippen molar-refractivity contribution < 1.29 is 9.47 Å². The highest BCUT2D eigenvalue weighted by molar-refractivity contribution is 14.0. The molecule has 0 atom stereocenters. The van der Waals surface area contributed by atoms with Gasteiger partial charge >= 0.3 is 0 Å². The van der Waals surface area contributed by atoms with Crippen LogP contribution in [0, 0.1) is 5.41 Å². The largest absolute Gasteiger partial charge is 0.385 e. The van der Waals surface area contributed by atoms with E-state index in [1.165, 1.54) is 25.7 Å². The number of methoxy groups -OCH3 is 1. The molecule has 2 rings (SSSR count). The molecule has 0 bridgehead atoms. The third-order valence-corrected chi connectivity index (χ3v) is 5.97. The summed E-state index contributed by atoms with van der Waals surface area (Å²) in [6.07, 6.45) is 6.39. The zero-order valence-electron chi connectivity index (χ0n) is 17.8. The van der Waals surface area contributed by atoms with Gasteiger partial charge in [0.05, 0.1) is 19.8 Å². The highest BCUT2D eigenvalue weighted by Crippen LogP contribution is 2.40. The zero-order chi connectivity index (χ0) is 18.9. The number of nitrogens with zero attached hydrogens (tertiary/aromatic N) is 2. The molecule has 0 aromatic heterocycles. The van der Waals surface area contributed by atoms with Gasteiger partial charge in [-0.05, 0) is 45.4 Å². The molecule has 0 radical (unpaired) electrons. The summed E-state index contributed by atoms with van der Waals surface area (Å²) < 4.78 is 10.8. The van der Waals surface area contributed by atoms with Gasteiger partial charge in [-0.1, -0.05) is 12.8 Å². The number of halogens is 1. The van der Waals surface area contributed by atoms with E-state index in [9.17, 15) is 0 Å². The summed E-state index contributed by atoms with van der Waals surface area (Å²) in [5, 5.41) is 7.05. The third kappa shape index (κ3) is 8.03. The monoisotopic (exact) mass is 496 g/mol. The van der Waals surface area contributed by atoms with Crippen LogP contribution in [-0.4, -0.2) is 76.1 Å². The summed E-state index contributed by atoms with van der Waals surface area (Å²) in [6.45, 7) is 13.8. The maximum absolute atomic E-state index is 5.49. The minimum absolute atomic E-state index is 0. The van der Waals surface area contributed by atoms with Crippen molar-refractivity contribution in [3.05, 3.63) is 0 Å². The molecule has 0 spiro atoms. The summed E-state index contributed by atoms with van der Waals surface area (Å²) in [4.78, 5) is 7.40. The van der Waals surface area contributed by atoms with Crippen LogP contribution in [0.3, 0.4) is 0 Å². The Morgan fingerprint density at radius 1 is 1.19 bits per heavy atom. The molecule has 6 nitrogen and oxygen atoms in total. The molecule has 1 saturated carbocycles. The third-order valence-electron chi connectivity index (χ3n) is 5.97. The molecular formula is C20H41IN4O2. The summed E-state index contributed by atoms with van der Waals surface area (Å²) in [5.41, 5.74) is 0.416. The van der Waals surface area contributed by atoms with Crippen molar-refractivity contribution in [2.24, 2.45) is 10.4 Å². The topological polar surface area (TPSA) is 58.1 Å². The second-order valence-corrected chi connectivity index (χ2v) is 8.41. The number of guanidine groups is 1. The Kier molecular flexibility index (Phi) is 11.5. The van der Waals surface area contributed by atoms with Gasteiger partial charge < -0.3 is 20.1 Å². The SMILES string of the molecule is CCNC(=NCC(C)(C)N1CCOCC1)NCC1(CCOC)CCCC1.I. The van der Waals surface area contributed by atoms with Gasteiger partial charge in [0.2, 0.25) is 0 Å². The molecule has 0 amide bonds. The molecule has 0 aromatic carbocycles. The molecule has 27 heavy (non-hydrogen) atoms. The Balaban J connectivity index is 0.00000364. The van der Waals surface area contributed by atoms with E-state index in [1.807, 2.05) is 0 Å². The summed E-state index contributed by atoms with van der Waals surface area (Å²) >= 11 is 0. The maximum atomic E-state index is 5.49. The van der Waals surface area contributed by atoms with Crippen LogP contribution in [0.4, 0.5) is 0 Å². The van der Waals surface area contributed by atoms with Crippen LogP contribution >= 0.6 is 24.0 Å². The molecule has 1 saturated heterocycles. The van der Waals surface area contributed by atoms with Crippen LogP contribution in [0.5, 0.6) is 0 Å². The standard InChI is InChI=1S/C20H40N4O2.HI/c1-5-21-18(22-16-19(2,3)24-11-14-26-15-12-24)23-17-20(10-13-25-4)8-6-7-9-20;/h5-17H2,1-4H3,(H2,21,22,23);1H. The molecule has 2 aliphatic rings. The number of hydrogen-bond donors (Lipinski definition) is 2. The minimum Gasteiger partial charge on any atom is -0.385 e. The maximum Gasteiger partial charge on any atom is 0.191 e. The molecule has 2 N–H and O–H groups in total. The lowest BCUT2D eigenvalue weighted by Gasteiger charge is -2.40. The molecule has 0 aromatic rings. The van der Waals surface area contributed by atoms with Crippen LogP contribution in [0.1, 0.15) is 52.9 Å². The fourth-order valence-electron chi connectivity index (χ4n) is 4.11. The Labute approximate surface area is 183 Å². The number of rotatable bonds is 9. The predicted octanol–water partition coefficient (Wildman–Crippen LogP) is 2.87. The Morgan fingerprint density at radius 3 is 2.44 bits per heavy atom. The van der Waals surface area contributed by atoms with Crippen molar-refractivity contribution in [2.45, 2.75) is 58.4 Å². The van der Waals surface area contributed by atoms with Crippen molar-refractivity contribution in [3.8, 4) is 0 Å². The van der Waals surface area contributed by atoms with Gasteiger partial charge in [-0.25, -0.2) is 0 Å². The molecule has 160 valence electrons. The molecule has 1 aliphatic carbocycles. The summed E-state index contributed by atoms with van der Waals surface area (Å²) in [5.74, 6) is 0.942. The minimum atomic E-state index is 0. The van der Waals surface area contributed by atoms with Crippen molar-refractivity contribution in [2.75, 3.05) is 59.7 Å². The van der Waals surface area contributed by atoms with Gasteiger partial charge in [0, 0.05) is 45.4 Å². The smallest absolute Gasteiger partial charge is 0.191 e. The molecule has 0 unspecified atom stereocenters. The number of hydrogen-bond acceptors (Lipinski definition) is 4. The molecule has 2 fully saturated rings. The van der Waals surface area contributed by atoms with Crippen LogP contribution in [0.15, 0.2) is 4.99 Å². The molecular weight excluding hydrogens is 455 g/mol. The Hall–Kier alpha value is -0.120. The molecule has 1 aliphatic heterocycles. The fraction of sp³-hybridized carbons (Fsp3) is 0.950. The first-order valence-corrected chi connectivity index (χ1v) is 10.4. The zero-order valence-corrected chi connectivity index (χ0v) is 20.1. The normalized spacial score (nSPS) is 21.0. The predicted molar refractivity (Wildman–Crippen MR) is 123 cm³/mol. The van der Waals surface area contributed by atoms with Gasteiger partial charge in [-0.2, -0.15) is 0 Å².